The Kier molecular flexibility index (Phi) is 7.57. The van der Waals surface area contributed by atoms with Gasteiger partial charge in [0.25, 0.3) is 0 Å². The number of rotatable bonds is 8. The van der Waals surface area contributed by atoms with E-state index in [1.54, 1.807) is 6.07 Å². The number of hydrogen-bond acceptors (Lipinski definition) is 4. The second-order valence-electron chi connectivity index (χ2n) is 6.12. The molecule has 1 heterocycles. The number of nitrogens with zero attached hydrogens (tertiary/aromatic N) is 2. The highest BCUT2D eigenvalue weighted by atomic mass is 35.5. The van der Waals surface area contributed by atoms with Crippen LogP contribution in [0.25, 0.3) is 0 Å². The molecule has 0 atom stereocenters. The second-order valence-corrected chi connectivity index (χ2v) is 6.94. The van der Waals surface area contributed by atoms with Gasteiger partial charge in [-0.1, -0.05) is 50.9 Å². The zero-order valence-corrected chi connectivity index (χ0v) is 14.8. The lowest BCUT2D eigenvalue weighted by Gasteiger charge is -2.27. The summed E-state index contributed by atoms with van der Waals surface area (Å²) in [5.74, 6) is 7.91. The molecule has 4 nitrogen and oxygen atoms in total. The minimum Gasteiger partial charge on any atom is -0.355 e. The van der Waals surface area contributed by atoms with Crippen molar-refractivity contribution in [2.75, 3.05) is 23.4 Å². The molecule has 0 bridgehead atoms. The maximum absolute atomic E-state index is 6.33. The number of anilines is 2. The Labute approximate surface area is 138 Å². The molecule has 0 radical (unpaired) electrons. The fourth-order valence-corrected chi connectivity index (χ4v) is 2.46. The summed E-state index contributed by atoms with van der Waals surface area (Å²) in [6.07, 6.45) is 2.17. The zero-order chi connectivity index (χ0) is 16.0. The molecule has 120 valence electrons. The van der Waals surface area contributed by atoms with Crippen molar-refractivity contribution >= 4 is 34.8 Å². The summed E-state index contributed by atoms with van der Waals surface area (Å²) >= 11 is 12.4. The minimum absolute atomic E-state index is 0.430. The van der Waals surface area contributed by atoms with E-state index in [2.05, 4.69) is 43.0 Å². The molecule has 0 amide bonds. The maximum Gasteiger partial charge on any atom is 0.161 e. The Morgan fingerprint density at radius 2 is 1.62 bits per heavy atom. The average molecular weight is 333 g/mol. The van der Waals surface area contributed by atoms with Crippen molar-refractivity contribution < 1.29 is 0 Å². The number of hydrogen-bond donors (Lipinski definition) is 2. The topological polar surface area (TPSA) is 54.2 Å². The smallest absolute Gasteiger partial charge is 0.161 e. The summed E-state index contributed by atoms with van der Waals surface area (Å²) in [6, 6.07) is 1.69. The molecule has 0 saturated heterocycles. The molecule has 0 aliphatic carbocycles. The molecule has 3 N–H and O–H groups in total. The van der Waals surface area contributed by atoms with Gasteiger partial charge in [0.15, 0.2) is 5.82 Å². The van der Waals surface area contributed by atoms with E-state index in [0.717, 1.165) is 31.7 Å². The van der Waals surface area contributed by atoms with Crippen LogP contribution in [0.4, 0.5) is 11.6 Å². The van der Waals surface area contributed by atoms with Gasteiger partial charge in [-0.25, -0.2) is 10.8 Å². The maximum atomic E-state index is 6.33. The number of nitrogens with one attached hydrogen (secondary N) is 1. The Morgan fingerprint density at radius 1 is 1.10 bits per heavy atom. The molecule has 0 unspecified atom stereocenters. The van der Waals surface area contributed by atoms with E-state index in [1.165, 1.54) is 0 Å². The van der Waals surface area contributed by atoms with Crippen molar-refractivity contribution in [3.63, 3.8) is 0 Å². The molecule has 1 rings (SSSR count). The van der Waals surface area contributed by atoms with Gasteiger partial charge in [0, 0.05) is 13.1 Å². The van der Waals surface area contributed by atoms with Crippen LogP contribution in [0.15, 0.2) is 6.07 Å². The van der Waals surface area contributed by atoms with Crippen LogP contribution < -0.4 is 16.2 Å². The van der Waals surface area contributed by atoms with E-state index in [-0.39, 0.29) is 0 Å². The van der Waals surface area contributed by atoms with Gasteiger partial charge in [-0.2, -0.15) is 0 Å². The van der Waals surface area contributed by atoms with Crippen molar-refractivity contribution in [3.8, 4) is 0 Å². The number of nitrogen functional groups attached to an aromatic ring is 1. The first-order valence-electron chi connectivity index (χ1n) is 7.42. The van der Waals surface area contributed by atoms with Gasteiger partial charge in [-0.05, 0) is 30.7 Å². The molecule has 1 aromatic heterocycles. The fraction of sp³-hybridized carbons (Fsp3) is 0.667. The molecule has 0 saturated carbocycles. The Hall–Kier alpha value is -0.710. The minimum atomic E-state index is 0.430. The molecule has 0 fully saturated rings. The van der Waals surface area contributed by atoms with Crippen LogP contribution in [0.2, 0.25) is 10.0 Å². The van der Waals surface area contributed by atoms with E-state index in [4.69, 9.17) is 29.0 Å². The van der Waals surface area contributed by atoms with Crippen LogP contribution in [-0.4, -0.2) is 18.1 Å². The lowest BCUT2D eigenvalue weighted by Crippen LogP contribution is -2.29. The summed E-state index contributed by atoms with van der Waals surface area (Å²) in [6.45, 7) is 10.7. The predicted octanol–water partition coefficient (Wildman–Crippen LogP) is 4.57. The van der Waals surface area contributed by atoms with Crippen molar-refractivity contribution in [3.05, 3.63) is 16.1 Å². The Morgan fingerprint density at radius 3 is 2.05 bits per heavy atom. The summed E-state index contributed by atoms with van der Waals surface area (Å²) in [5, 5.41) is 0.991. The second kappa shape index (κ2) is 8.66. The molecule has 0 aromatic carbocycles. The van der Waals surface area contributed by atoms with E-state index in [0.29, 0.717) is 27.7 Å². The van der Waals surface area contributed by atoms with Crippen molar-refractivity contribution in [2.45, 2.75) is 40.5 Å². The lowest BCUT2D eigenvalue weighted by molar-refractivity contribution is 0.533. The molecule has 1 aromatic rings. The molecule has 21 heavy (non-hydrogen) atoms. The van der Waals surface area contributed by atoms with Gasteiger partial charge in [-0.3, -0.25) is 0 Å². The van der Waals surface area contributed by atoms with Gasteiger partial charge in [-0.15, -0.1) is 0 Å². The number of aromatic nitrogens is 1. The summed E-state index contributed by atoms with van der Waals surface area (Å²) < 4.78 is 0. The highest BCUT2D eigenvalue weighted by molar-refractivity contribution is 6.37. The molecule has 6 heteroatoms. The van der Waals surface area contributed by atoms with Gasteiger partial charge >= 0.3 is 0 Å². The largest absolute Gasteiger partial charge is 0.355 e. The number of halogens is 2. The molecule has 0 spiro atoms. The zero-order valence-electron chi connectivity index (χ0n) is 13.3. The molecular formula is C15H26Cl2N4. The van der Waals surface area contributed by atoms with Crippen LogP contribution in [0, 0.1) is 11.8 Å². The first-order valence-corrected chi connectivity index (χ1v) is 8.18. The number of hydrazine groups is 1. The highest BCUT2D eigenvalue weighted by Crippen LogP contribution is 2.31. The van der Waals surface area contributed by atoms with Crippen LogP contribution in [0.5, 0.6) is 0 Å². The quantitative estimate of drug-likeness (QED) is 0.540. The van der Waals surface area contributed by atoms with E-state index < -0.39 is 0 Å². The van der Waals surface area contributed by atoms with Gasteiger partial charge in [0.2, 0.25) is 0 Å². The van der Waals surface area contributed by atoms with Crippen LogP contribution in [0.3, 0.4) is 0 Å². The molecule has 0 aliphatic heterocycles. The summed E-state index contributed by atoms with van der Waals surface area (Å²) in [7, 11) is 0. The number of pyridine rings is 1. The molecule has 0 aliphatic rings. The van der Waals surface area contributed by atoms with Crippen LogP contribution >= 0.6 is 23.2 Å². The van der Waals surface area contributed by atoms with Gasteiger partial charge in [0.05, 0.1) is 10.0 Å². The van der Waals surface area contributed by atoms with Gasteiger partial charge < -0.3 is 10.3 Å². The van der Waals surface area contributed by atoms with E-state index >= 15 is 0 Å². The van der Waals surface area contributed by atoms with Crippen molar-refractivity contribution in [1.29, 1.82) is 0 Å². The van der Waals surface area contributed by atoms with Crippen molar-refractivity contribution in [1.82, 2.24) is 4.98 Å². The van der Waals surface area contributed by atoms with E-state index in [1.807, 2.05) is 0 Å². The predicted molar refractivity (Wildman–Crippen MR) is 93.2 cm³/mol. The first kappa shape index (κ1) is 18.3. The fourth-order valence-electron chi connectivity index (χ4n) is 1.93. The summed E-state index contributed by atoms with van der Waals surface area (Å²) in [4.78, 5) is 6.69. The van der Waals surface area contributed by atoms with E-state index in [9.17, 15) is 0 Å². The number of nitrogens with two attached hydrogens (primary N) is 1. The van der Waals surface area contributed by atoms with Crippen molar-refractivity contribution in [2.24, 2.45) is 17.7 Å². The lowest BCUT2D eigenvalue weighted by atomic mass is 10.1. The average Bonchev–Trinajstić information content (AvgIpc) is 2.39. The monoisotopic (exact) mass is 332 g/mol. The first-order chi connectivity index (χ1) is 9.85. The third-order valence-electron chi connectivity index (χ3n) is 3.30. The Balaban J connectivity index is 2.99. The van der Waals surface area contributed by atoms with Crippen LogP contribution in [0.1, 0.15) is 40.5 Å². The SMILES string of the molecule is CC(C)CCN(CCC(C)C)c1nc(NN)c(Cl)cc1Cl. The normalized spacial score (nSPS) is 11.3. The Bertz CT molecular complexity index is 438. The molecular weight excluding hydrogens is 307 g/mol. The summed E-state index contributed by atoms with van der Waals surface area (Å²) in [5.41, 5.74) is 2.52. The third kappa shape index (κ3) is 5.89. The third-order valence-corrected chi connectivity index (χ3v) is 3.87. The van der Waals surface area contributed by atoms with Crippen LogP contribution in [-0.2, 0) is 0 Å². The van der Waals surface area contributed by atoms with Gasteiger partial charge in [0.1, 0.15) is 5.82 Å². The standard InChI is InChI=1S/C15H26Cl2N4/c1-10(2)5-7-21(8-6-11(3)4)15-13(17)9-12(16)14(19-15)20-18/h9-11H,5-8,18H2,1-4H3,(H,19,20). The highest BCUT2D eigenvalue weighted by Gasteiger charge is 2.16.